The first-order valence-corrected chi connectivity index (χ1v) is 15.3. The number of esters is 1. The molecule has 0 bridgehead atoms. The first kappa shape index (κ1) is 29.5. The largest absolute Gasteiger partial charge is 0.497 e. The number of hydrogen-bond donors (Lipinski definition) is 1. The van der Waals surface area contributed by atoms with Crippen LogP contribution in [0, 0.1) is 0 Å². The van der Waals surface area contributed by atoms with Crippen LogP contribution < -0.4 is 14.8 Å². The lowest BCUT2D eigenvalue weighted by atomic mass is 10.0. The Hall–Kier alpha value is -3.96. The second-order valence-electron chi connectivity index (χ2n) is 9.76. The van der Waals surface area contributed by atoms with E-state index >= 15 is 0 Å². The molecule has 11 heteroatoms. The van der Waals surface area contributed by atoms with Crippen molar-refractivity contribution in [2.75, 3.05) is 26.6 Å². The Bertz CT molecular complexity index is 1570. The molecular weight excluding hydrogens is 572 g/mol. The molecule has 1 amide bonds. The van der Waals surface area contributed by atoms with Gasteiger partial charge in [0.15, 0.2) is 0 Å². The van der Waals surface area contributed by atoms with Crippen LogP contribution in [0.4, 0.5) is 5.00 Å². The molecule has 4 aromatic rings. The van der Waals surface area contributed by atoms with Crippen molar-refractivity contribution in [1.29, 1.82) is 0 Å². The number of nitrogens with one attached hydrogen (secondary N) is 1. The smallest absolute Gasteiger partial charge is 0.341 e. The SMILES string of the molecule is COC(=O)c1c(NC(=O)C(C)Sc2nnc(-c3ccc(OC)cc3)c(-c3ccc(OC)cc3)n2)sc2c1CCCCC2. The molecule has 2 aromatic heterocycles. The van der Waals surface area contributed by atoms with Crippen LogP contribution in [0.2, 0.25) is 0 Å². The van der Waals surface area contributed by atoms with Crippen LogP contribution in [0.3, 0.4) is 0 Å². The summed E-state index contributed by atoms with van der Waals surface area (Å²) in [5.74, 6) is 0.783. The molecule has 2 heterocycles. The Morgan fingerprint density at radius 3 is 2.10 bits per heavy atom. The predicted molar refractivity (Wildman–Crippen MR) is 165 cm³/mol. The van der Waals surface area contributed by atoms with Gasteiger partial charge in [-0.1, -0.05) is 18.2 Å². The maximum absolute atomic E-state index is 13.4. The van der Waals surface area contributed by atoms with E-state index in [0.29, 0.717) is 27.1 Å². The lowest BCUT2D eigenvalue weighted by molar-refractivity contribution is -0.115. The number of carbonyl (C=O) groups is 2. The fraction of sp³-hybridized carbons (Fsp3) is 0.323. The first-order chi connectivity index (χ1) is 20.4. The third-order valence-corrected chi connectivity index (χ3v) is 9.25. The minimum Gasteiger partial charge on any atom is -0.497 e. The highest BCUT2D eigenvalue weighted by Gasteiger charge is 2.28. The van der Waals surface area contributed by atoms with Gasteiger partial charge in [-0.05, 0) is 86.7 Å². The van der Waals surface area contributed by atoms with Crippen LogP contribution in [-0.2, 0) is 22.4 Å². The summed E-state index contributed by atoms with van der Waals surface area (Å²) in [6.07, 6.45) is 4.92. The van der Waals surface area contributed by atoms with Gasteiger partial charge in [0.25, 0.3) is 0 Å². The molecule has 218 valence electrons. The van der Waals surface area contributed by atoms with Gasteiger partial charge in [-0.25, -0.2) is 9.78 Å². The van der Waals surface area contributed by atoms with Crippen molar-refractivity contribution >= 4 is 40.0 Å². The second-order valence-corrected chi connectivity index (χ2v) is 12.2. The monoisotopic (exact) mass is 604 g/mol. The number of benzene rings is 2. The number of hydrogen-bond acceptors (Lipinski definition) is 10. The number of thiophene rings is 1. The molecule has 2 aromatic carbocycles. The zero-order chi connectivity index (χ0) is 29.6. The van der Waals surface area contributed by atoms with E-state index in [4.69, 9.17) is 19.2 Å². The van der Waals surface area contributed by atoms with Crippen molar-refractivity contribution in [3.63, 3.8) is 0 Å². The Morgan fingerprint density at radius 1 is 0.857 bits per heavy atom. The molecular formula is C31H32N4O5S2. The van der Waals surface area contributed by atoms with Crippen LogP contribution in [0.25, 0.3) is 22.5 Å². The van der Waals surface area contributed by atoms with E-state index in [2.05, 4.69) is 15.5 Å². The molecule has 1 aliphatic rings. The number of ether oxygens (including phenoxy) is 3. The Morgan fingerprint density at radius 2 is 1.48 bits per heavy atom. The van der Waals surface area contributed by atoms with Crippen molar-refractivity contribution in [1.82, 2.24) is 15.2 Å². The first-order valence-electron chi connectivity index (χ1n) is 13.7. The molecule has 1 atom stereocenters. The standard InChI is InChI=1S/C31H32N4O5S2/c1-18(28(36)33-29-25(30(37)40-4)23-8-6-5-7-9-24(23)42-29)41-31-32-26(19-10-14-21(38-2)15-11-19)27(34-35-31)20-12-16-22(39-3)17-13-20/h10-18H,5-9H2,1-4H3,(H,33,36). The van der Waals surface area contributed by atoms with Crippen LogP contribution in [-0.4, -0.2) is 53.6 Å². The number of thioether (sulfide) groups is 1. The van der Waals surface area contributed by atoms with E-state index in [-0.39, 0.29) is 5.91 Å². The molecule has 1 unspecified atom stereocenters. The number of aromatic nitrogens is 3. The molecule has 0 fully saturated rings. The van der Waals surface area contributed by atoms with E-state index in [1.165, 1.54) is 30.2 Å². The highest BCUT2D eigenvalue weighted by atomic mass is 32.2. The van der Waals surface area contributed by atoms with Gasteiger partial charge in [-0.15, -0.1) is 21.5 Å². The fourth-order valence-electron chi connectivity index (χ4n) is 4.83. The van der Waals surface area contributed by atoms with Crippen molar-refractivity contribution in [3.05, 3.63) is 64.5 Å². The number of nitrogens with zero attached hydrogens (tertiary/aromatic N) is 3. The van der Waals surface area contributed by atoms with Gasteiger partial charge in [0.1, 0.15) is 27.9 Å². The Kier molecular flexibility index (Phi) is 9.38. The second kappa shape index (κ2) is 13.3. The average Bonchev–Trinajstić information content (AvgIpc) is 3.20. The number of amides is 1. The fourth-order valence-corrected chi connectivity index (χ4v) is 6.82. The molecule has 0 spiro atoms. The number of rotatable bonds is 9. The summed E-state index contributed by atoms with van der Waals surface area (Å²) in [6, 6.07) is 15.1. The van der Waals surface area contributed by atoms with Crippen molar-refractivity contribution < 1.29 is 23.8 Å². The quantitative estimate of drug-likeness (QED) is 0.131. The normalized spacial score (nSPS) is 13.4. The average molecular weight is 605 g/mol. The van der Waals surface area contributed by atoms with E-state index in [9.17, 15) is 9.59 Å². The van der Waals surface area contributed by atoms with Gasteiger partial charge in [0.05, 0.1) is 32.1 Å². The van der Waals surface area contributed by atoms with E-state index < -0.39 is 11.2 Å². The van der Waals surface area contributed by atoms with E-state index in [1.54, 1.807) is 21.1 Å². The van der Waals surface area contributed by atoms with Crippen LogP contribution in [0.15, 0.2) is 53.7 Å². The predicted octanol–water partition coefficient (Wildman–Crippen LogP) is 6.46. The summed E-state index contributed by atoms with van der Waals surface area (Å²) in [4.78, 5) is 32.0. The van der Waals surface area contributed by atoms with Gasteiger partial charge in [-0.3, -0.25) is 4.79 Å². The number of fused-ring (bicyclic) bond motifs is 1. The van der Waals surface area contributed by atoms with Crippen LogP contribution in [0.5, 0.6) is 11.5 Å². The van der Waals surface area contributed by atoms with Gasteiger partial charge in [-0.2, -0.15) is 0 Å². The summed E-state index contributed by atoms with van der Waals surface area (Å²) in [5, 5.41) is 12.2. The molecule has 0 radical (unpaired) electrons. The summed E-state index contributed by atoms with van der Waals surface area (Å²) in [7, 11) is 4.60. The topological polar surface area (TPSA) is 113 Å². The summed E-state index contributed by atoms with van der Waals surface area (Å²) in [5.41, 5.74) is 4.38. The highest BCUT2D eigenvalue weighted by molar-refractivity contribution is 8.00. The van der Waals surface area contributed by atoms with E-state index in [0.717, 1.165) is 65.2 Å². The zero-order valence-electron chi connectivity index (χ0n) is 23.9. The molecule has 1 aliphatic carbocycles. The number of carbonyl (C=O) groups excluding carboxylic acids is 2. The minimum absolute atomic E-state index is 0.254. The summed E-state index contributed by atoms with van der Waals surface area (Å²) in [6.45, 7) is 1.78. The Labute approximate surface area is 253 Å². The van der Waals surface area contributed by atoms with Gasteiger partial charge in [0, 0.05) is 16.0 Å². The Balaban J connectivity index is 1.41. The maximum atomic E-state index is 13.4. The van der Waals surface area contributed by atoms with Crippen LogP contribution in [0.1, 0.15) is 47.0 Å². The van der Waals surface area contributed by atoms with Gasteiger partial charge < -0.3 is 19.5 Å². The molecule has 0 saturated heterocycles. The third-order valence-electron chi connectivity index (χ3n) is 7.09. The molecule has 5 rings (SSSR count). The summed E-state index contributed by atoms with van der Waals surface area (Å²) < 4.78 is 15.7. The minimum atomic E-state index is -0.560. The van der Waals surface area contributed by atoms with Crippen molar-refractivity contribution in [2.24, 2.45) is 0 Å². The lowest BCUT2D eigenvalue weighted by Gasteiger charge is -2.13. The number of methoxy groups -OCH3 is 3. The third kappa shape index (κ3) is 6.42. The van der Waals surface area contributed by atoms with Gasteiger partial charge >= 0.3 is 5.97 Å². The van der Waals surface area contributed by atoms with Gasteiger partial charge in [0.2, 0.25) is 11.1 Å². The highest BCUT2D eigenvalue weighted by Crippen LogP contribution is 2.39. The molecule has 0 aliphatic heterocycles. The summed E-state index contributed by atoms with van der Waals surface area (Å²) >= 11 is 2.67. The maximum Gasteiger partial charge on any atom is 0.341 e. The molecule has 9 nitrogen and oxygen atoms in total. The zero-order valence-corrected chi connectivity index (χ0v) is 25.6. The molecule has 42 heavy (non-hydrogen) atoms. The number of anilines is 1. The number of aryl methyl sites for hydroxylation is 1. The lowest BCUT2D eigenvalue weighted by Crippen LogP contribution is -2.23. The van der Waals surface area contributed by atoms with Crippen molar-refractivity contribution in [2.45, 2.75) is 49.4 Å². The van der Waals surface area contributed by atoms with Crippen molar-refractivity contribution in [3.8, 4) is 34.0 Å². The van der Waals surface area contributed by atoms with Crippen LogP contribution >= 0.6 is 23.1 Å². The van der Waals surface area contributed by atoms with E-state index in [1.807, 2.05) is 48.5 Å². The molecule has 0 saturated carbocycles. The molecule has 1 N–H and O–H groups in total.